The van der Waals surface area contributed by atoms with Crippen molar-refractivity contribution in [2.45, 2.75) is 33.1 Å². The van der Waals surface area contributed by atoms with Crippen molar-refractivity contribution in [1.82, 2.24) is 0 Å². The molecule has 0 aromatic heterocycles. The van der Waals surface area contributed by atoms with Crippen LogP contribution in [0.2, 0.25) is 0 Å². The Balaban J connectivity index is 1.76. The predicted molar refractivity (Wildman–Crippen MR) is 104 cm³/mol. The SMILES string of the molecule is CC1(C)C2CCC1(CS(=O)(=O)Oc1c(C(=O)O)ccc3ccccc13)C(=O)C2. The lowest BCUT2D eigenvalue weighted by molar-refractivity contribution is -0.128. The fourth-order valence-electron chi connectivity index (χ4n) is 5.07. The van der Waals surface area contributed by atoms with Crippen LogP contribution < -0.4 is 4.18 Å². The van der Waals surface area contributed by atoms with Gasteiger partial charge in [0.15, 0.2) is 5.75 Å². The largest absolute Gasteiger partial charge is 0.478 e. The summed E-state index contributed by atoms with van der Waals surface area (Å²) in [4.78, 5) is 24.3. The number of fused-ring (bicyclic) bond motifs is 3. The van der Waals surface area contributed by atoms with Gasteiger partial charge in [-0.15, -0.1) is 0 Å². The van der Waals surface area contributed by atoms with Gasteiger partial charge in [0.05, 0.1) is 11.2 Å². The van der Waals surface area contributed by atoms with Gasteiger partial charge < -0.3 is 9.29 Å². The van der Waals surface area contributed by atoms with Crippen molar-refractivity contribution in [3.05, 3.63) is 42.0 Å². The number of hydrogen-bond acceptors (Lipinski definition) is 5. The predicted octanol–water partition coefficient (Wildman–Crippen LogP) is 3.64. The summed E-state index contributed by atoms with van der Waals surface area (Å²) in [5, 5.41) is 10.6. The topological polar surface area (TPSA) is 97.7 Å². The van der Waals surface area contributed by atoms with E-state index in [4.69, 9.17) is 4.18 Å². The molecule has 0 spiro atoms. The molecular formula is C21H22O6S. The van der Waals surface area contributed by atoms with Crippen LogP contribution in [0, 0.1) is 16.7 Å². The third-order valence-electron chi connectivity index (χ3n) is 6.88. The van der Waals surface area contributed by atoms with E-state index >= 15 is 0 Å². The summed E-state index contributed by atoms with van der Waals surface area (Å²) >= 11 is 0. The molecule has 2 aromatic rings. The summed E-state index contributed by atoms with van der Waals surface area (Å²) in [6.07, 6.45) is 1.74. The summed E-state index contributed by atoms with van der Waals surface area (Å²) in [6, 6.07) is 9.80. The molecule has 2 bridgehead atoms. The molecule has 2 aliphatic rings. The number of carboxylic acids is 1. The summed E-state index contributed by atoms with van der Waals surface area (Å²) < 4.78 is 31.4. The zero-order chi connectivity index (χ0) is 20.3. The molecule has 2 unspecified atom stereocenters. The van der Waals surface area contributed by atoms with Crippen molar-refractivity contribution in [2.75, 3.05) is 5.75 Å². The molecule has 2 aliphatic carbocycles. The lowest BCUT2D eigenvalue weighted by Crippen LogP contribution is -2.43. The summed E-state index contributed by atoms with van der Waals surface area (Å²) in [5.41, 5.74) is -1.61. The monoisotopic (exact) mass is 402 g/mol. The molecule has 1 N–H and O–H groups in total. The minimum atomic E-state index is -4.20. The normalized spacial score (nSPS) is 25.9. The Morgan fingerprint density at radius 2 is 1.93 bits per heavy atom. The quantitative estimate of drug-likeness (QED) is 0.767. The highest BCUT2D eigenvalue weighted by molar-refractivity contribution is 7.87. The van der Waals surface area contributed by atoms with E-state index in [0.717, 1.165) is 6.42 Å². The van der Waals surface area contributed by atoms with Crippen molar-refractivity contribution in [3.63, 3.8) is 0 Å². The Morgan fingerprint density at radius 3 is 2.54 bits per heavy atom. The molecule has 0 saturated heterocycles. The fraction of sp³-hybridized carbons (Fsp3) is 0.429. The molecule has 2 saturated carbocycles. The second-order valence-electron chi connectivity index (χ2n) is 8.42. The maximum Gasteiger partial charge on any atom is 0.339 e. The van der Waals surface area contributed by atoms with Crippen LogP contribution in [0.25, 0.3) is 10.8 Å². The highest BCUT2D eigenvalue weighted by Gasteiger charge is 2.65. The number of Topliss-reactive ketones (excluding diaryl/α,β-unsaturated/α-hetero) is 1. The van der Waals surface area contributed by atoms with Crippen LogP contribution in [0.3, 0.4) is 0 Å². The molecule has 2 aromatic carbocycles. The third kappa shape index (κ3) is 2.64. The molecule has 0 heterocycles. The molecule has 7 heteroatoms. The first-order chi connectivity index (χ1) is 13.1. The molecular weight excluding hydrogens is 380 g/mol. The van der Waals surface area contributed by atoms with E-state index in [1.165, 1.54) is 6.07 Å². The van der Waals surface area contributed by atoms with Gasteiger partial charge in [-0.2, -0.15) is 8.42 Å². The number of rotatable bonds is 5. The van der Waals surface area contributed by atoms with Crippen molar-refractivity contribution < 1.29 is 27.3 Å². The van der Waals surface area contributed by atoms with Crippen molar-refractivity contribution in [1.29, 1.82) is 0 Å². The lowest BCUT2D eigenvalue weighted by atomic mass is 9.70. The van der Waals surface area contributed by atoms with Crippen molar-refractivity contribution in [2.24, 2.45) is 16.7 Å². The van der Waals surface area contributed by atoms with Crippen molar-refractivity contribution >= 4 is 32.6 Å². The van der Waals surface area contributed by atoms with E-state index in [1.54, 1.807) is 30.3 Å². The zero-order valence-corrected chi connectivity index (χ0v) is 16.6. The maximum atomic E-state index is 13.0. The fourth-order valence-corrected chi connectivity index (χ4v) is 6.84. The van der Waals surface area contributed by atoms with Gasteiger partial charge >= 0.3 is 16.1 Å². The van der Waals surface area contributed by atoms with Crippen LogP contribution in [0.4, 0.5) is 0 Å². The van der Waals surface area contributed by atoms with Crippen LogP contribution in [0.5, 0.6) is 5.75 Å². The number of carbonyl (C=O) groups excluding carboxylic acids is 1. The average Bonchev–Trinajstić information content (AvgIpc) is 2.95. The number of carboxylic acid groups (broad SMARTS) is 1. The molecule has 28 heavy (non-hydrogen) atoms. The molecule has 2 fully saturated rings. The third-order valence-corrected chi connectivity index (χ3v) is 8.15. The van der Waals surface area contributed by atoms with E-state index in [0.29, 0.717) is 23.6 Å². The average molecular weight is 402 g/mol. The van der Waals surface area contributed by atoms with Gasteiger partial charge in [-0.3, -0.25) is 4.79 Å². The number of hydrogen-bond donors (Lipinski definition) is 1. The summed E-state index contributed by atoms with van der Waals surface area (Å²) in [6.45, 7) is 3.90. The zero-order valence-electron chi connectivity index (χ0n) is 15.8. The Bertz CT molecular complexity index is 1100. The molecule has 0 amide bonds. The molecule has 2 atom stereocenters. The van der Waals surface area contributed by atoms with E-state index in [9.17, 15) is 23.1 Å². The van der Waals surface area contributed by atoms with Crippen LogP contribution in [0.1, 0.15) is 43.5 Å². The smallest absolute Gasteiger partial charge is 0.339 e. The molecule has 0 aliphatic heterocycles. The van der Waals surface area contributed by atoms with E-state index in [-0.39, 0.29) is 23.0 Å². The molecule has 6 nitrogen and oxygen atoms in total. The first-order valence-corrected chi connectivity index (χ1v) is 10.9. The van der Waals surface area contributed by atoms with Crippen LogP contribution in [-0.4, -0.2) is 31.0 Å². The summed E-state index contributed by atoms with van der Waals surface area (Å²) in [7, 11) is -4.20. The second-order valence-corrected chi connectivity index (χ2v) is 9.99. The maximum absolute atomic E-state index is 13.0. The Kier molecular flexibility index (Phi) is 4.08. The summed E-state index contributed by atoms with van der Waals surface area (Å²) in [5.74, 6) is -1.74. The van der Waals surface area contributed by atoms with Gasteiger partial charge in [-0.25, -0.2) is 4.79 Å². The first-order valence-electron chi connectivity index (χ1n) is 9.28. The highest BCUT2D eigenvalue weighted by atomic mass is 32.2. The number of ketones is 1. The Morgan fingerprint density at radius 1 is 1.21 bits per heavy atom. The van der Waals surface area contributed by atoms with Crippen LogP contribution >= 0.6 is 0 Å². The lowest BCUT2D eigenvalue weighted by Gasteiger charge is -2.35. The van der Waals surface area contributed by atoms with Gasteiger partial charge in [0.2, 0.25) is 0 Å². The van der Waals surface area contributed by atoms with Gasteiger partial charge in [0.1, 0.15) is 11.3 Å². The second kappa shape index (κ2) is 6.04. The Hall–Kier alpha value is -2.41. The van der Waals surface area contributed by atoms with Crippen LogP contribution in [-0.2, 0) is 14.9 Å². The van der Waals surface area contributed by atoms with E-state index in [2.05, 4.69) is 0 Å². The highest BCUT2D eigenvalue weighted by Crippen LogP contribution is 2.64. The minimum Gasteiger partial charge on any atom is -0.478 e. The minimum absolute atomic E-state index is 0.0303. The standard InChI is InChI=1S/C21H22O6S/c1-20(2)14-9-10-21(20,17(22)11-14)12-28(25,26)27-18-15-6-4-3-5-13(15)7-8-16(18)19(23)24/h3-8,14H,9-12H2,1-2H3,(H,23,24). The van der Waals surface area contributed by atoms with Gasteiger partial charge in [-0.05, 0) is 35.6 Å². The van der Waals surface area contributed by atoms with E-state index < -0.39 is 32.7 Å². The number of carbonyl (C=O) groups is 2. The molecule has 148 valence electrons. The van der Waals surface area contributed by atoms with Crippen LogP contribution in [0.15, 0.2) is 36.4 Å². The Labute approximate surface area is 163 Å². The van der Waals surface area contributed by atoms with Gasteiger partial charge in [0.25, 0.3) is 0 Å². The number of aromatic carboxylic acids is 1. The van der Waals surface area contributed by atoms with Gasteiger partial charge in [-0.1, -0.05) is 44.2 Å². The van der Waals surface area contributed by atoms with E-state index in [1.807, 2.05) is 13.8 Å². The molecule has 0 radical (unpaired) electrons. The van der Waals surface area contributed by atoms with Crippen molar-refractivity contribution in [3.8, 4) is 5.75 Å². The molecule has 4 rings (SSSR count). The first kappa shape index (κ1) is 18.9. The number of benzene rings is 2. The van der Waals surface area contributed by atoms with Gasteiger partial charge in [0, 0.05) is 11.8 Å².